The summed E-state index contributed by atoms with van der Waals surface area (Å²) < 4.78 is 38.5. The zero-order valence-electron chi connectivity index (χ0n) is 12.0. The predicted octanol–water partition coefficient (Wildman–Crippen LogP) is 3.45. The Balaban J connectivity index is 1.73. The van der Waals surface area contributed by atoms with Gasteiger partial charge in [0.25, 0.3) is 0 Å². The molecule has 1 fully saturated rings. The number of nitrogens with zero attached hydrogens (tertiary/aromatic N) is 1. The van der Waals surface area contributed by atoms with Crippen molar-refractivity contribution in [3.05, 3.63) is 35.4 Å². The molecule has 0 amide bonds. The van der Waals surface area contributed by atoms with Gasteiger partial charge in [0.15, 0.2) is 0 Å². The summed E-state index contributed by atoms with van der Waals surface area (Å²) in [5, 5.41) is 0. The van der Waals surface area contributed by atoms with Crippen molar-refractivity contribution in [2.75, 3.05) is 6.54 Å². The maximum atomic E-state index is 12.8. The molecular formula is C16H21F3N2. The monoisotopic (exact) mass is 298 g/mol. The number of rotatable bonds is 2. The quantitative estimate of drug-likeness (QED) is 0.906. The lowest BCUT2D eigenvalue weighted by Gasteiger charge is -2.46. The number of hydrogen-bond donors (Lipinski definition) is 1. The SMILES string of the molecule is NCC1(N2Cc3ccccc3C2)CCC(C(F)(F)F)CC1. The first-order valence-electron chi connectivity index (χ1n) is 7.53. The summed E-state index contributed by atoms with van der Waals surface area (Å²) in [6, 6.07) is 8.22. The molecule has 2 N–H and O–H groups in total. The molecule has 0 spiro atoms. The molecule has 1 heterocycles. The van der Waals surface area contributed by atoms with Crippen molar-refractivity contribution in [3.63, 3.8) is 0 Å². The standard InChI is InChI=1S/C16H21F3N2/c17-16(18,19)14-5-7-15(11-20,8-6-14)21-9-12-3-1-2-4-13(12)10-21/h1-4,14H,5-11,20H2. The van der Waals surface area contributed by atoms with Crippen LogP contribution in [0.25, 0.3) is 0 Å². The summed E-state index contributed by atoms with van der Waals surface area (Å²) in [5.74, 6) is -1.15. The fourth-order valence-corrected chi connectivity index (χ4v) is 3.80. The first-order chi connectivity index (χ1) is 9.94. The van der Waals surface area contributed by atoms with Crippen molar-refractivity contribution in [1.29, 1.82) is 0 Å². The van der Waals surface area contributed by atoms with Gasteiger partial charge in [0.2, 0.25) is 0 Å². The van der Waals surface area contributed by atoms with Gasteiger partial charge in [0.1, 0.15) is 0 Å². The Bertz CT molecular complexity index is 479. The summed E-state index contributed by atoms with van der Waals surface area (Å²) in [4.78, 5) is 2.30. The molecule has 1 aromatic rings. The molecule has 0 saturated heterocycles. The maximum absolute atomic E-state index is 12.8. The van der Waals surface area contributed by atoms with E-state index in [-0.39, 0.29) is 18.4 Å². The van der Waals surface area contributed by atoms with E-state index < -0.39 is 12.1 Å². The van der Waals surface area contributed by atoms with E-state index in [1.54, 1.807) is 0 Å². The van der Waals surface area contributed by atoms with E-state index in [1.165, 1.54) is 11.1 Å². The van der Waals surface area contributed by atoms with Crippen LogP contribution in [0.1, 0.15) is 36.8 Å². The van der Waals surface area contributed by atoms with Crippen LogP contribution in [0.15, 0.2) is 24.3 Å². The van der Waals surface area contributed by atoms with Gasteiger partial charge in [0, 0.05) is 25.2 Å². The van der Waals surface area contributed by atoms with Crippen LogP contribution in [0.3, 0.4) is 0 Å². The van der Waals surface area contributed by atoms with Gasteiger partial charge in [-0.2, -0.15) is 13.2 Å². The van der Waals surface area contributed by atoms with E-state index >= 15 is 0 Å². The van der Waals surface area contributed by atoms with Gasteiger partial charge >= 0.3 is 6.18 Å². The molecule has 5 heteroatoms. The van der Waals surface area contributed by atoms with Crippen molar-refractivity contribution in [3.8, 4) is 0 Å². The van der Waals surface area contributed by atoms with Gasteiger partial charge in [-0.3, -0.25) is 4.90 Å². The van der Waals surface area contributed by atoms with E-state index in [9.17, 15) is 13.2 Å². The van der Waals surface area contributed by atoms with Crippen molar-refractivity contribution in [2.24, 2.45) is 11.7 Å². The third-order valence-corrected chi connectivity index (χ3v) is 5.27. The highest BCUT2D eigenvalue weighted by molar-refractivity contribution is 5.31. The van der Waals surface area contributed by atoms with E-state index in [2.05, 4.69) is 17.0 Å². The summed E-state index contributed by atoms with van der Waals surface area (Å²) in [6.45, 7) is 2.06. The van der Waals surface area contributed by atoms with Gasteiger partial charge in [0.05, 0.1) is 5.92 Å². The Hall–Kier alpha value is -1.07. The van der Waals surface area contributed by atoms with E-state index in [0.29, 0.717) is 19.4 Å². The fraction of sp³-hybridized carbons (Fsp3) is 0.625. The van der Waals surface area contributed by atoms with Crippen molar-refractivity contribution in [2.45, 2.75) is 50.5 Å². The largest absolute Gasteiger partial charge is 0.391 e. The first kappa shape index (κ1) is 14.9. The Labute approximate surface area is 123 Å². The van der Waals surface area contributed by atoms with Crippen LogP contribution < -0.4 is 5.73 Å². The van der Waals surface area contributed by atoms with Crippen LogP contribution in [0.2, 0.25) is 0 Å². The van der Waals surface area contributed by atoms with Crippen LogP contribution >= 0.6 is 0 Å². The zero-order chi connectivity index (χ0) is 15.1. The van der Waals surface area contributed by atoms with Crippen LogP contribution in [-0.4, -0.2) is 23.2 Å². The topological polar surface area (TPSA) is 29.3 Å². The second-order valence-electron chi connectivity index (χ2n) is 6.37. The molecule has 0 radical (unpaired) electrons. The van der Waals surface area contributed by atoms with Crippen LogP contribution in [0, 0.1) is 5.92 Å². The molecule has 1 aromatic carbocycles. The average Bonchev–Trinajstić information content (AvgIpc) is 2.91. The first-order valence-corrected chi connectivity index (χ1v) is 7.53. The molecule has 0 bridgehead atoms. The molecule has 1 aliphatic heterocycles. The molecule has 0 atom stereocenters. The highest BCUT2D eigenvalue weighted by Crippen LogP contribution is 2.45. The van der Waals surface area contributed by atoms with Crippen molar-refractivity contribution < 1.29 is 13.2 Å². The van der Waals surface area contributed by atoms with Gasteiger partial charge in [-0.25, -0.2) is 0 Å². The minimum atomic E-state index is -4.06. The fourth-order valence-electron chi connectivity index (χ4n) is 3.80. The molecule has 0 aromatic heterocycles. The molecular weight excluding hydrogens is 277 g/mol. The Morgan fingerprint density at radius 1 is 1.10 bits per heavy atom. The molecule has 1 aliphatic carbocycles. The lowest BCUT2D eigenvalue weighted by atomic mass is 9.75. The molecule has 3 rings (SSSR count). The second-order valence-corrected chi connectivity index (χ2v) is 6.37. The van der Waals surface area contributed by atoms with Crippen LogP contribution in [-0.2, 0) is 13.1 Å². The third kappa shape index (κ3) is 2.69. The maximum Gasteiger partial charge on any atom is 0.391 e. The molecule has 2 aliphatic rings. The second kappa shape index (κ2) is 5.29. The number of benzene rings is 1. The minimum Gasteiger partial charge on any atom is -0.329 e. The van der Waals surface area contributed by atoms with Crippen LogP contribution in [0.4, 0.5) is 13.2 Å². The van der Waals surface area contributed by atoms with Gasteiger partial charge in [-0.1, -0.05) is 24.3 Å². The lowest BCUT2D eigenvalue weighted by molar-refractivity contribution is -0.188. The van der Waals surface area contributed by atoms with Gasteiger partial charge in [-0.15, -0.1) is 0 Å². The number of fused-ring (bicyclic) bond motifs is 1. The number of alkyl halides is 3. The summed E-state index contributed by atoms with van der Waals surface area (Å²) >= 11 is 0. The molecule has 1 saturated carbocycles. The van der Waals surface area contributed by atoms with Crippen LogP contribution in [0.5, 0.6) is 0 Å². The van der Waals surface area contributed by atoms with Crippen molar-refractivity contribution >= 4 is 0 Å². The van der Waals surface area contributed by atoms with Gasteiger partial charge in [-0.05, 0) is 36.8 Å². The highest BCUT2D eigenvalue weighted by atomic mass is 19.4. The molecule has 21 heavy (non-hydrogen) atoms. The summed E-state index contributed by atoms with van der Waals surface area (Å²) in [6.07, 6.45) is -2.57. The Morgan fingerprint density at radius 2 is 1.62 bits per heavy atom. The summed E-state index contributed by atoms with van der Waals surface area (Å²) in [5.41, 5.74) is 8.28. The summed E-state index contributed by atoms with van der Waals surface area (Å²) in [7, 11) is 0. The van der Waals surface area contributed by atoms with E-state index in [1.807, 2.05) is 12.1 Å². The lowest BCUT2D eigenvalue weighted by Crippen LogP contribution is -2.54. The third-order valence-electron chi connectivity index (χ3n) is 5.27. The van der Waals surface area contributed by atoms with Gasteiger partial charge < -0.3 is 5.73 Å². The minimum absolute atomic E-state index is 0.202. The normalized spacial score (nSPS) is 30.4. The molecule has 0 unspecified atom stereocenters. The molecule has 116 valence electrons. The van der Waals surface area contributed by atoms with E-state index in [4.69, 9.17) is 5.73 Å². The Kier molecular flexibility index (Phi) is 3.74. The smallest absolute Gasteiger partial charge is 0.329 e. The zero-order valence-corrected chi connectivity index (χ0v) is 12.0. The number of nitrogens with two attached hydrogens (primary N) is 1. The number of halogens is 3. The van der Waals surface area contributed by atoms with E-state index in [0.717, 1.165) is 13.1 Å². The molecule has 2 nitrogen and oxygen atoms in total. The van der Waals surface area contributed by atoms with Crippen molar-refractivity contribution in [1.82, 2.24) is 4.90 Å². The predicted molar refractivity (Wildman–Crippen MR) is 75.5 cm³/mol. The number of hydrogen-bond acceptors (Lipinski definition) is 2. The average molecular weight is 298 g/mol. The Morgan fingerprint density at radius 3 is 2.05 bits per heavy atom. The highest BCUT2D eigenvalue weighted by Gasteiger charge is 2.48.